The molecule has 0 radical (unpaired) electrons. The van der Waals surface area contributed by atoms with Crippen molar-refractivity contribution in [3.63, 3.8) is 0 Å². The van der Waals surface area contributed by atoms with Crippen molar-refractivity contribution in [2.45, 2.75) is 26.3 Å². The average molecular weight is 410 g/mol. The van der Waals surface area contributed by atoms with Crippen LogP contribution in [0, 0.1) is 11.6 Å². The normalized spacial score (nSPS) is 18.6. The van der Waals surface area contributed by atoms with Gasteiger partial charge in [-0.15, -0.1) is 0 Å². The van der Waals surface area contributed by atoms with Gasteiger partial charge in [0.1, 0.15) is 23.7 Å². The summed E-state index contributed by atoms with van der Waals surface area (Å²) in [6, 6.07) is 1.67. The van der Waals surface area contributed by atoms with Crippen LogP contribution in [-0.4, -0.2) is 71.7 Å². The summed E-state index contributed by atoms with van der Waals surface area (Å²) < 4.78 is 27.7. The Kier molecular flexibility index (Phi) is 6.55. The Morgan fingerprint density at radius 1 is 1.14 bits per heavy atom. The van der Waals surface area contributed by atoms with Gasteiger partial charge in [-0.1, -0.05) is 0 Å². The van der Waals surface area contributed by atoms with Crippen molar-refractivity contribution < 1.29 is 28.0 Å². The molecule has 5 amide bonds. The summed E-state index contributed by atoms with van der Waals surface area (Å²) in [6.45, 7) is 5.00. The molecule has 2 rings (SSSR count). The fourth-order valence-corrected chi connectivity index (χ4v) is 3.13. The van der Waals surface area contributed by atoms with Gasteiger partial charge in [0, 0.05) is 25.7 Å². The number of halogens is 2. The van der Waals surface area contributed by atoms with Crippen LogP contribution in [-0.2, 0) is 19.9 Å². The van der Waals surface area contributed by atoms with Crippen LogP contribution in [0.15, 0.2) is 18.2 Å². The SMILES string of the molecule is CCN(CC)C(=O)CN(C)C(=O)CN1C(=O)N[C@@](C)(c2cc(F)ccc2F)C1=O. The van der Waals surface area contributed by atoms with Crippen LogP contribution in [0.25, 0.3) is 0 Å². The van der Waals surface area contributed by atoms with Crippen LogP contribution < -0.4 is 5.32 Å². The van der Waals surface area contributed by atoms with Gasteiger partial charge in [-0.25, -0.2) is 13.6 Å². The van der Waals surface area contributed by atoms with Gasteiger partial charge in [-0.2, -0.15) is 0 Å². The molecule has 0 aliphatic carbocycles. The second-order valence-electron chi connectivity index (χ2n) is 6.89. The fraction of sp³-hybridized carbons (Fsp3) is 0.474. The molecule has 29 heavy (non-hydrogen) atoms. The number of imide groups is 1. The van der Waals surface area contributed by atoms with E-state index in [1.807, 2.05) is 13.8 Å². The summed E-state index contributed by atoms with van der Waals surface area (Å²) >= 11 is 0. The van der Waals surface area contributed by atoms with Gasteiger partial charge < -0.3 is 15.1 Å². The Hall–Kier alpha value is -3.04. The molecular formula is C19H24F2N4O4. The third-order valence-electron chi connectivity index (χ3n) is 4.95. The van der Waals surface area contributed by atoms with Crippen molar-refractivity contribution in [1.29, 1.82) is 0 Å². The number of amides is 5. The molecule has 1 aliphatic rings. The molecule has 1 N–H and O–H groups in total. The predicted octanol–water partition coefficient (Wildman–Crippen LogP) is 1.06. The van der Waals surface area contributed by atoms with Crippen molar-refractivity contribution in [3.8, 4) is 0 Å². The summed E-state index contributed by atoms with van der Waals surface area (Å²) in [4.78, 5) is 52.9. The highest BCUT2D eigenvalue weighted by atomic mass is 19.1. The van der Waals surface area contributed by atoms with Gasteiger partial charge in [0.2, 0.25) is 11.8 Å². The number of carbonyl (C=O) groups is 4. The first-order chi connectivity index (χ1) is 13.5. The zero-order valence-corrected chi connectivity index (χ0v) is 16.8. The van der Waals surface area contributed by atoms with E-state index in [-0.39, 0.29) is 18.0 Å². The molecule has 0 spiro atoms. The Morgan fingerprint density at radius 3 is 2.34 bits per heavy atom. The van der Waals surface area contributed by atoms with Crippen LogP contribution in [0.3, 0.4) is 0 Å². The second-order valence-corrected chi connectivity index (χ2v) is 6.89. The smallest absolute Gasteiger partial charge is 0.325 e. The number of nitrogens with zero attached hydrogens (tertiary/aromatic N) is 3. The maximum absolute atomic E-state index is 14.2. The third kappa shape index (κ3) is 4.36. The maximum Gasteiger partial charge on any atom is 0.325 e. The van der Waals surface area contributed by atoms with E-state index in [0.29, 0.717) is 18.0 Å². The van der Waals surface area contributed by atoms with E-state index in [2.05, 4.69) is 5.32 Å². The van der Waals surface area contributed by atoms with Gasteiger partial charge in [0.05, 0.1) is 6.54 Å². The van der Waals surface area contributed by atoms with E-state index >= 15 is 0 Å². The summed E-state index contributed by atoms with van der Waals surface area (Å²) in [6.07, 6.45) is 0. The number of hydrogen-bond donors (Lipinski definition) is 1. The van der Waals surface area contributed by atoms with Crippen LogP contribution in [0.1, 0.15) is 26.3 Å². The molecule has 1 heterocycles. The highest BCUT2D eigenvalue weighted by Crippen LogP contribution is 2.31. The van der Waals surface area contributed by atoms with Crippen molar-refractivity contribution in [3.05, 3.63) is 35.4 Å². The van der Waals surface area contributed by atoms with Crippen molar-refractivity contribution >= 4 is 23.8 Å². The molecule has 8 nitrogen and oxygen atoms in total. The number of nitrogens with one attached hydrogen (secondary N) is 1. The van der Waals surface area contributed by atoms with Crippen molar-refractivity contribution in [2.24, 2.45) is 0 Å². The number of benzene rings is 1. The first-order valence-electron chi connectivity index (χ1n) is 9.16. The van der Waals surface area contributed by atoms with Gasteiger partial charge in [0.15, 0.2) is 0 Å². The molecule has 0 bridgehead atoms. The maximum atomic E-state index is 14.2. The first-order valence-corrected chi connectivity index (χ1v) is 9.16. The molecule has 1 aliphatic heterocycles. The monoisotopic (exact) mass is 410 g/mol. The summed E-state index contributed by atoms with van der Waals surface area (Å²) in [5, 5.41) is 2.32. The highest BCUT2D eigenvalue weighted by Gasteiger charge is 2.51. The van der Waals surface area contributed by atoms with E-state index in [4.69, 9.17) is 0 Å². The van der Waals surface area contributed by atoms with Crippen LogP contribution in [0.4, 0.5) is 13.6 Å². The zero-order valence-electron chi connectivity index (χ0n) is 16.8. The summed E-state index contributed by atoms with van der Waals surface area (Å²) in [5.41, 5.74) is -2.19. The molecule has 1 saturated heterocycles. The summed E-state index contributed by atoms with van der Waals surface area (Å²) in [7, 11) is 1.38. The minimum absolute atomic E-state index is 0.208. The lowest BCUT2D eigenvalue weighted by Gasteiger charge is -2.25. The number of rotatable bonds is 7. The zero-order chi connectivity index (χ0) is 21.9. The van der Waals surface area contributed by atoms with Gasteiger partial charge in [-0.05, 0) is 39.0 Å². The second kappa shape index (κ2) is 8.54. The van der Waals surface area contributed by atoms with E-state index < -0.39 is 41.6 Å². The number of carbonyl (C=O) groups excluding carboxylic acids is 4. The molecule has 1 aromatic rings. The molecule has 158 valence electrons. The molecule has 10 heteroatoms. The lowest BCUT2D eigenvalue weighted by atomic mass is 9.91. The quantitative estimate of drug-likeness (QED) is 0.681. The topological polar surface area (TPSA) is 90.0 Å². The van der Waals surface area contributed by atoms with Gasteiger partial charge >= 0.3 is 6.03 Å². The van der Waals surface area contributed by atoms with E-state index in [1.165, 1.54) is 14.0 Å². The summed E-state index contributed by atoms with van der Waals surface area (Å²) in [5.74, 6) is -3.43. The lowest BCUT2D eigenvalue weighted by Crippen LogP contribution is -2.46. The lowest BCUT2D eigenvalue weighted by molar-refractivity contribution is -0.141. The first kappa shape index (κ1) is 22.3. The molecule has 1 aromatic carbocycles. The minimum Gasteiger partial charge on any atom is -0.342 e. The Balaban J connectivity index is 2.15. The average Bonchev–Trinajstić information content (AvgIpc) is 2.88. The van der Waals surface area contributed by atoms with E-state index in [1.54, 1.807) is 4.90 Å². The third-order valence-corrected chi connectivity index (χ3v) is 4.95. The molecular weight excluding hydrogens is 386 g/mol. The Bertz CT molecular complexity index is 843. The van der Waals surface area contributed by atoms with Crippen molar-refractivity contribution in [1.82, 2.24) is 20.0 Å². The fourth-order valence-electron chi connectivity index (χ4n) is 3.13. The highest BCUT2D eigenvalue weighted by molar-refractivity contribution is 6.09. The van der Waals surface area contributed by atoms with Gasteiger partial charge in [-0.3, -0.25) is 19.3 Å². The largest absolute Gasteiger partial charge is 0.342 e. The van der Waals surface area contributed by atoms with Crippen molar-refractivity contribution in [2.75, 3.05) is 33.2 Å². The predicted molar refractivity (Wildman–Crippen MR) is 99.5 cm³/mol. The Morgan fingerprint density at radius 2 is 1.76 bits per heavy atom. The Labute approximate surface area is 167 Å². The number of hydrogen-bond acceptors (Lipinski definition) is 4. The molecule has 1 atom stereocenters. The number of urea groups is 1. The van der Waals surface area contributed by atoms with Crippen LogP contribution in [0.2, 0.25) is 0 Å². The molecule has 0 unspecified atom stereocenters. The number of likely N-dealkylation sites (N-methyl/N-ethyl adjacent to an activating group) is 2. The minimum atomic E-state index is -1.85. The molecule has 0 aromatic heterocycles. The van der Waals surface area contributed by atoms with E-state index in [9.17, 15) is 28.0 Å². The van der Waals surface area contributed by atoms with E-state index in [0.717, 1.165) is 23.1 Å². The molecule has 1 fully saturated rings. The molecule has 0 saturated carbocycles. The standard InChI is InChI=1S/C19H24F2N4O4/c1-5-24(6-2)16(27)10-23(4)15(26)11-25-17(28)19(3,22-18(25)29)13-9-12(20)7-8-14(13)21/h7-9H,5-6,10-11H2,1-4H3,(H,22,29)/t19-/m0/s1. The van der Waals surface area contributed by atoms with Crippen LogP contribution in [0.5, 0.6) is 0 Å². The van der Waals surface area contributed by atoms with Gasteiger partial charge in [0.25, 0.3) is 5.91 Å². The van der Waals surface area contributed by atoms with Crippen LogP contribution >= 0.6 is 0 Å².